The van der Waals surface area contributed by atoms with Crippen LogP contribution in [0.1, 0.15) is 26.3 Å². The van der Waals surface area contributed by atoms with Crippen molar-refractivity contribution >= 4 is 77.5 Å². The number of benzene rings is 3. The van der Waals surface area contributed by atoms with Gasteiger partial charge < -0.3 is 18.6 Å². The van der Waals surface area contributed by atoms with Crippen molar-refractivity contribution in [2.75, 3.05) is 13.2 Å². The van der Waals surface area contributed by atoms with Crippen molar-refractivity contribution in [2.24, 2.45) is 5.10 Å². The van der Waals surface area contributed by atoms with Crippen molar-refractivity contribution in [1.29, 1.82) is 0 Å². The molecule has 5 rings (SSSR count). The van der Waals surface area contributed by atoms with Crippen LogP contribution in [0.5, 0.6) is 11.5 Å². The third-order valence-electron chi connectivity index (χ3n) is 6.13. The van der Waals surface area contributed by atoms with Gasteiger partial charge in [-0.1, -0.05) is 39.7 Å². The van der Waals surface area contributed by atoms with Crippen LogP contribution in [0, 0.1) is 0 Å². The summed E-state index contributed by atoms with van der Waals surface area (Å²) in [5, 5.41) is 5.91. The predicted octanol–water partition coefficient (Wildman–Crippen LogP) is 7.60. The van der Waals surface area contributed by atoms with Crippen LogP contribution in [0.4, 0.5) is 0 Å². The summed E-state index contributed by atoms with van der Waals surface area (Å²) in [6.45, 7) is 5.60. The highest BCUT2D eigenvalue weighted by Gasteiger charge is 2.24. The van der Waals surface area contributed by atoms with Gasteiger partial charge in [0, 0.05) is 19.9 Å². The summed E-state index contributed by atoms with van der Waals surface area (Å²) in [4.78, 5) is 30.6. The number of esters is 1. The number of halogens is 3. The zero-order valence-electron chi connectivity index (χ0n) is 22.7. The fraction of sp³-hybridized carbons (Fsp3) is 0.200. The summed E-state index contributed by atoms with van der Waals surface area (Å²) in [5.74, 6) is 0.508. The molecule has 0 N–H and O–H groups in total. The maximum atomic E-state index is 13.7. The fourth-order valence-corrected chi connectivity index (χ4v) is 5.21. The van der Waals surface area contributed by atoms with E-state index in [0.717, 1.165) is 9.86 Å². The van der Waals surface area contributed by atoms with Gasteiger partial charge in [-0.3, -0.25) is 4.79 Å². The van der Waals surface area contributed by atoms with E-state index in [0.29, 0.717) is 38.9 Å². The minimum atomic E-state index is -0.928. The number of aromatic nitrogens is 2. The number of carbonyl (C=O) groups excluding carboxylic acids is 1. The number of furan rings is 1. The van der Waals surface area contributed by atoms with Crippen molar-refractivity contribution in [3.05, 3.63) is 84.5 Å². The molecule has 0 aliphatic carbocycles. The summed E-state index contributed by atoms with van der Waals surface area (Å²) < 4.78 is 25.2. The van der Waals surface area contributed by atoms with Gasteiger partial charge in [0.2, 0.25) is 5.82 Å². The number of rotatable bonds is 9. The number of ether oxygens (including phenoxy) is 3. The molecule has 0 saturated heterocycles. The lowest BCUT2D eigenvalue weighted by Gasteiger charge is -2.19. The number of para-hydroxylation sites is 1. The average Bonchev–Trinajstić information content (AvgIpc) is 3.40. The molecule has 0 saturated carbocycles. The van der Waals surface area contributed by atoms with E-state index in [2.05, 4.69) is 37.0 Å². The van der Waals surface area contributed by atoms with Gasteiger partial charge in [0.25, 0.3) is 5.56 Å². The molecule has 0 aliphatic rings. The van der Waals surface area contributed by atoms with Crippen molar-refractivity contribution in [3.63, 3.8) is 0 Å². The SMILES string of the molecule is CCOC(=O)[C@@H](C)Oc1c(OCC)cc(C=Nn2c(-c3cc4cc(Br)ccc4o3)nc3ccccc3c2=O)c(Br)c1Cl. The zero-order chi connectivity index (χ0) is 30.0. The maximum Gasteiger partial charge on any atom is 0.347 e. The van der Waals surface area contributed by atoms with E-state index < -0.39 is 12.1 Å². The lowest BCUT2D eigenvalue weighted by Crippen LogP contribution is -2.26. The van der Waals surface area contributed by atoms with E-state index in [1.165, 1.54) is 10.9 Å². The third-order valence-corrected chi connectivity index (χ3v) is 8.07. The molecule has 2 heterocycles. The number of fused-ring (bicyclic) bond motifs is 2. The number of carbonyl (C=O) groups is 1. The van der Waals surface area contributed by atoms with Gasteiger partial charge >= 0.3 is 5.97 Å². The van der Waals surface area contributed by atoms with Gasteiger partial charge in [0.15, 0.2) is 23.4 Å². The second kappa shape index (κ2) is 12.7. The second-order valence-electron chi connectivity index (χ2n) is 8.97. The first-order chi connectivity index (χ1) is 20.2. The second-order valence-corrected chi connectivity index (χ2v) is 11.1. The lowest BCUT2D eigenvalue weighted by atomic mass is 10.2. The molecule has 2 aromatic heterocycles. The highest BCUT2D eigenvalue weighted by molar-refractivity contribution is 9.10. The molecule has 0 spiro atoms. The summed E-state index contributed by atoms with van der Waals surface area (Å²) in [6.07, 6.45) is 0.528. The first-order valence-electron chi connectivity index (χ1n) is 13.0. The Morgan fingerprint density at radius 3 is 2.69 bits per heavy atom. The minimum absolute atomic E-state index is 0.158. The van der Waals surface area contributed by atoms with E-state index >= 15 is 0 Å². The molecule has 0 radical (unpaired) electrons. The predicted molar refractivity (Wildman–Crippen MR) is 169 cm³/mol. The molecule has 42 heavy (non-hydrogen) atoms. The molecule has 0 amide bonds. The third kappa shape index (κ3) is 5.95. The van der Waals surface area contributed by atoms with Gasteiger partial charge in [-0.05, 0) is 79.2 Å². The minimum Gasteiger partial charge on any atom is -0.490 e. The van der Waals surface area contributed by atoms with Crippen LogP contribution in [-0.4, -0.2) is 41.2 Å². The molecular formula is C30H24Br2ClN3O6. The quantitative estimate of drug-likeness (QED) is 0.114. The Balaban J connectivity index is 1.63. The van der Waals surface area contributed by atoms with E-state index in [9.17, 15) is 9.59 Å². The molecule has 0 bridgehead atoms. The van der Waals surface area contributed by atoms with Gasteiger partial charge in [0.1, 0.15) is 10.6 Å². The Morgan fingerprint density at radius 2 is 1.93 bits per heavy atom. The van der Waals surface area contributed by atoms with Crippen LogP contribution in [0.15, 0.2) is 77.9 Å². The van der Waals surface area contributed by atoms with Crippen molar-refractivity contribution < 1.29 is 23.4 Å². The molecule has 9 nitrogen and oxygen atoms in total. The normalized spacial score (nSPS) is 12.2. The molecule has 0 aliphatic heterocycles. The number of hydrogen-bond acceptors (Lipinski definition) is 8. The summed E-state index contributed by atoms with van der Waals surface area (Å²) in [6, 6.07) is 16.1. The Kier molecular flexibility index (Phi) is 9.00. The summed E-state index contributed by atoms with van der Waals surface area (Å²) in [7, 11) is 0. The molecule has 1 atom stereocenters. The Labute approximate surface area is 262 Å². The summed E-state index contributed by atoms with van der Waals surface area (Å²) in [5.41, 5.74) is 1.24. The standard InChI is InChI=1S/C30H24Br2ClN3O6/c1-4-39-23-14-18(25(32)26(33)27(23)41-16(3)30(38)40-5-2)15-34-36-28(35-21-9-7-6-8-20(21)29(36)37)24-13-17-12-19(31)10-11-22(17)42-24/h6-16H,4-5H2,1-3H3/t16-/m1/s1. The van der Waals surface area contributed by atoms with Gasteiger partial charge in [-0.15, -0.1) is 0 Å². The highest BCUT2D eigenvalue weighted by Crippen LogP contribution is 2.43. The average molecular weight is 718 g/mol. The van der Waals surface area contributed by atoms with Crippen LogP contribution >= 0.6 is 43.5 Å². The van der Waals surface area contributed by atoms with E-state index in [4.69, 9.17) is 35.2 Å². The smallest absolute Gasteiger partial charge is 0.347 e. The Morgan fingerprint density at radius 1 is 1.14 bits per heavy atom. The maximum absolute atomic E-state index is 13.7. The molecule has 0 unspecified atom stereocenters. The van der Waals surface area contributed by atoms with Crippen LogP contribution in [-0.2, 0) is 9.53 Å². The van der Waals surface area contributed by atoms with Crippen LogP contribution in [0.3, 0.4) is 0 Å². The van der Waals surface area contributed by atoms with Crippen molar-refractivity contribution in [2.45, 2.75) is 26.9 Å². The first kappa shape index (κ1) is 29.8. The first-order valence-corrected chi connectivity index (χ1v) is 14.9. The van der Waals surface area contributed by atoms with Gasteiger partial charge in [0.05, 0.1) is 30.3 Å². The van der Waals surface area contributed by atoms with Crippen molar-refractivity contribution in [1.82, 2.24) is 9.66 Å². The Bertz CT molecular complexity index is 1900. The highest BCUT2D eigenvalue weighted by atomic mass is 79.9. The largest absolute Gasteiger partial charge is 0.490 e. The molecule has 3 aromatic carbocycles. The van der Waals surface area contributed by atoms with E-state index in [1.807, 2.05) is 24.3 Å². The fourth-order valence-electron chi connectivity index (χ4n) is 4.19. The Hall–Kier alpha value is -3.67. The topological polar surface area (TPSA) is 105 Å². The lowest BCUT2D eigenvalue weighted by molar-refractivity contribution is -0.150. The molecule has 0 fully saturated rings. The van der Waals surface area contributed by atoms with E-state index in [-0.39, 0.29) is 34.5 Å². The van der Waals surface area contributed by atoms with Crippen LogP contribution in [0.25, 0.3) is 33.5 Å². The van der Waals surface area contributed by atoms with Crippen LogP contribution in [0.2, 0.25) is 5.02 Å². The molecular weight excluding hydrogens is 694 g/mol. The zero-order valence-corrected chi connectivity index (χ0v) is 26.6. The molecule has 12 heteroatoms. The van der Waals surface area contributed by atoms with Gasteiger partial charge in [-0.2, -0.15) is 9.78 Å². The van der Waals surface area contributed by atoms with E-state index in [1.54, 1.807) is 51.1 Å². The number of nitrogens with zero attached hydrogens (tertiary/aromatic N) is 3. The number of hydrogen-bond donors (Lipinski definition) is 0. The van der Waals surface area contributed by atoms with Gasteiger partial charge in [-0.25, -0.2) is 9.78 Å². The van der Waals surface area contributed by atoms with Crippen LogP contribution < -0.4 is 15.0 Å². The summed E-state index contributed by atoms with van der Waals surface area (Å²) >= 11 is 13.6. The monoisotopic (exact) mass is 715 g/mol. The van der Waals surface area contributed by atoms with Crippen molar-refractivity contribution in [3.8, 4) is 23.1 Å². The molecule has 5 aromatic rings. The molecule has 216 valence electrons.